The van der Waals surface area contributed by atoms with E-state index in [1.807, 2.05) is 42.5 Å². The third-order valence-electron chi connectivity index (χ3n) is 6.00. The summed E-state index contributed by atoms with van der Waals surface area (Å²) in [4.78, 5) is 30.1. The van der Waals surface area contributed by atoms with Crippen LogP contribution in [0.2, 0.25) is 0 Å². The molecule has 1 amide bonds. The van der Waals surface area contributed by atoms with Gasteiger partial charge in [0, 0.05) is 52.4 Å². The molecule has 2 aliphatic heterocycles. The first kappa shape index (κ1) is 20.0. The maximum atomic E-state index is 13.1. The summed E-state index contributed by atoms with van der Waals surface area (Å²) in [6.45, 7) is 6.94. The maximum absolute atomic E-state index is 13.1. The number of thiophene rings is 1. The van der Waals surface area contributed by atoms with Crippen molar-refractivity contribution >= 4 is 28.9 Å². The molecule has 0 atom stereocenters. The minimum absolute atomic E-state index is 0.0362. The van der Waals surface area contributed by atoms with Crippen LogP contribution in [0.1, 0.15) is 29.2 Å². The van der Waals surface area contributed by atoms with Gasteiger partial charge in [-0.25, -0.2) is 9.97 Å². The summed E-state index contributed by atoms with van der Waals surface area (Å²) < 4.78 is 1.69. The molecular weight excluding hydrogens is 410 g/mol. The van der Waals surface area contributed by atoms with Gasteiger partial charge in [-0.05, 0) is 37.3 Å². The molecule has 9 heteroatoms. The predicted octanol–water partition coefficient (Wildman–Crippen LogP) is 2.81. The van der Waals surface area contributed by atoms with Gasteiger partial charge in [-0.15, -0.1) is 11.3 Å². The Balaban J connectivity index is 1.27. The van der Waals surface area contributed by atoms with E-state index in [0.29, 0.717) is 18.8 Å². The lowest BCUT2D eigenvalue weighted by molar-refractivity contribution is 0.0735. The van der Waals surface area contributed by atoms with Crippen molar-refractivity contribution in [3.8, 4) is 10.6 Å². The van der Waals surface area contributed by atoms with E-state index < -0.39 is 0 Å². The van der Waals surface area contributed by atoms with Crippen LogP contribution in [0.4, 0.5) is 11.6 Å². The highest BCUT2D eigenvalue weighted by molar-refractivity contribution is 7.13. The number of aryl methyl sites for hydroxylation is 2. The predicted molar refractivity (Wildman–Crippen MR) is 123 cm³/mol. The highest BCUT2D eigenvalue weighted by Crippen LogP contribution is 2.26. The first-order valence-corrected chi connectivity index (χ1v) is 11.7. The van der Waals surface area contributed by atoms with Gasteiger partial charge in [0.1, 0.15) is 28.8 Å². The van der Waals surface area contributed by atoms with E-state index in [0.717, 1.165) is 54.2 Å². The molecule has 0 unspecified atom stereocenters. The van der Waals surface area contributed by atoms with E-state index in [4.69, 9.17) is 0 Å². The molecule has 2 aliphatic rings. The first-order chi connectivity index (χ1) is 15.1. The van der Waals surface area contributed by atoms with Gasteiger partial charge in [0.15, 0.2) is 0 Å². The third-order valence-corrected chi connectivity index (χ3v) is 6.90. The molecule has 0 saturated carbocycles. The average Bonchev–Trinajstić information content (AvgIpc) is 3.54. The molecule has 5 rings (SSSR count). The normalized spacial score (nSPS) is 16.9. The number of amides is 1. The van der Waals surface area contributed by atoms with Crippen molar-refractivity contribution in [2.75, 3.05) is 49.1 Å². The molecule has 2 saturated heterocycles. The molecule has 162 valence electrons. The zero-order valence-electron chi connectivity index (χ0n) is 18.0. The van der Waals surface area contributed by atoms with Crippen molar-refractivity contribution in [3.63, 3.8) is 0 Å². The molecule has 0 aromatic carbocycles. The second kappa shape index (κ2) is 8.30. The average molecular weight is 438 g/mol. The summed E-state index contributed by atoms with van der Waals surface area (Å²) in [5.74, 6) is 2.82. The number of aromatic nitrogens is 4. The number of carbonyl (C=O) groups excluding carboxylic acids is 1. The monoisotopic (exact) mass is 437 g/mol. The van der Waals surface area contributed by atoms with Crippen LogP contribution in [0, 0.1) is 6.92 Å². The van der Waals surface area contributed by atoms with Gasteiger partial charge in [0.25, 0.3) is 5.91 Å². The molecule has 0 aliphatic carbocycles. The molecule has 3 aromatic rings. The summed E-state index contributed by atoms with van der Waals surface area (Å²) in [5.41, 5.74) is 1.48. The molecule has 0 spiro atoms. The van der Waals surface area contributed by atoms with Crippen molar-refractivity contribution in [3.05, 3.63) is 41.2 Å². The Hall–Kier alpha value is -2.94. The highest BCUT2D eigenvalue weighted by atomic mass is 32.1. The molecule has 3 aromatic heterocycles. The van der Waals surface area contributed by atoms with E-state index in [1.54, 1.807) is 16.0 Å². The maximum Gasteiger partial charge on any atom is 0.272 e. The zero-order valence-corrected chi connectivity index (χ0v) is 18.8. The number of rotatable bonds is 4. The lowest BCUT2D eigenvalue weighted by Crippen LogP contribution is -2.49. The fourth-order valence-corrected chi connectivity index (χ4v) is 5.00. The van der Waals surface area contributed by atoms with Crippen LogP contribution in [0.5, 0.6) is 0 Å². The second-order valence-electron chi connectivity index (χ2n) is 8.12. The smallest absolute Gasteiger partial charge is 0.272 e. The third kappa shape index (κ3) is 4.01. The number of anilines is 2. The van der Waals surface area contributed by atoms with Crippen molar-refractivity contribution in [2.45, 2.75) is 19.8 Å². The summed E-state index contributed by atoms with van der Waals surface area (Å²) >= 11 is 1.63. The van der Waals surface area contributed by atoms with Crippen LogP contribution >= 0.6 is 11.3 Å². The molecule has 5 heterocycles. The van der Waals surface area contributed by atoms with Crippen LogP contribution in [0.3, 0.4) is 0 Å². The van der Waals surface area contributed by atoms with Crippen molar-refractivity contribution in [2.24, 2.45) is 7.05 Å². The van der Waals surface area contributed by atoms with Gasteiger partial charge < -0.3 is 14.7 Å². The highest BCUT2D eigenvalue weighted by Gasteiger charge is 2.26. The number of hydrogen-bond acceptors (Lipinski definition) is 7. The van der Waals surface area contributed by atoms with Gasteiger partial charge in [-0.1, -0.05) is 6.07 Å². The van der Waals surface area contributed by atoms with Crippen LogP contribution in [-0.4, -0.2) is 69.8 Å². The Labute approximate surface area is 186 Å². The largest absolute Gasteiger partial charge is 0.356 e. The van der Waals surface area contributed by atoms with Gasteiger partial charge in [0.2, 0.25) is 0 Å². The van der Waals surface area contributed by atoms with Crippen molar-refractivity contribution in [1.29, 1.82) is 0 Å². The molecule has 8 nitrogen and oxygen atoms in total. The number of nitrogens with zero attached hydrogens (tertiary/aromatic N) is 7. The number of hydrogen-bond donors (Lipinski definition) is 0. The quantitative estimate of drug-likeness (QED) is 0.625. The topological polar surface area (TPSA) is 70.4 Å². The second-order valence-corrected chi connectivity index (χ2v) is 9.07. The van der Waals surface area contributed by atoms with Gasteiger partial charge in [0.05, 0.1) is 4.88 Å². The van der Waals surface area contributed by atoms with E-state index in [-0.39, 0.29) is 5.91 Å². The van der Waals surface area contributed by atoms with E-state index >= 15 is 0 Å². The number of carbonyl (C=O) groups is 1. The number of piperazine rings is 1. The SMILES string of the molecule is Cc1nc(N2CCCC2)cc(N2CCN(C(=O)c3cc(-c4cccs4)nn3C)CC2)n1. The minimum atomic E-state index is 0.0362. The molecule has 2 fully saturated rings. The lowest BCUT2D eigenvalue weighted by atomic mass is 10.2. The molecule has 0 radical (unpaired) electrons. The lowest BCUT2D eigenvalue weighted by Gasteiger charge is -2.35. The summed E-state index contributed by atoms with van der Waals surface area (Å²) in [7, 11) is 1.84. The Bertz CT molecular complexity index is 1060. The van der Waals surface area contributed by atoms with Gasteiger partial charge in [-0.3, -0.25) is 9.48 Å². The Kier molecular flexibility index (Phi) is 5.35. The van der Waals surface area contributed by atoms with Crippen molar-refractivity contribution in [1.82, 2.24) is 24.6 Å². The summed E-state index contributed by atoms with van der Waals surface area (Å²) in [5, 5.41) is 6.56. The van der Waals surface area contributed by atoms with E-state index in [9.17, 15) is 4.79 Å². The van der Waals surface area contributed by atoms with Gasteiger partial charge >= 0.3 is 0 Å². The summed E-state index contributed by atoms with van der Waals surface area (Å²) in [6.07, 6.45) is 2.45. The fraction of sp³-hybridized carbons (Fsp3) is 0.455. The Morgan fingerprint density at radius 1 is 0.968 bits per heavy atom. The molecule has 31 heavy (non-hydrogen) atoms. The first-order valence-electron chi connectivity index (χ1n) is 10.8. The van der Waals surface area contributed by atoms with Gasteiger partial charge in [-0.2, -0.15) is 5.10 Å². The van der Waals surface area contributed by atoms with Crippen LogP contribution in [0.15, 0.2) is 29.6 Å². The fourth-order valence-electron chi connectivity index (χ4n) is 4.32. The minimum Gasteiger partial charge on any atom is -0.356 e. The van der Waals surface area contributed by atoms with Crippen LogP contribution < -0.4 is 9.80 Å². The Morgan fingerprint density at radius 2 is 1.65 bits per heavy atom. The van der Waals surface area contributed by atoms with E-state index in [1.165, 1.54) is 12.8 Å². The Morgan fingerprint density at radius 3 is 2.29 bits per heavy atom. The standard InChI is InChI=1S/C22H27N7OS/c1-16-23-20(27-7-3-4-8-27)15-21(24-16)28-9-11-29(12-10-28)22(30)18-14-17(25-26(18)2)19-6-5-13-31-19/h5-6,13-15H,3-4,7-12H2,1-2H3. The van der Waals surface area contributed by atoms with E-state index in [2.05, 4.69) is 30.9 Å². The molecular formula is C22H27N7OS. The molecule has 0 N–H and O–H groups in total. The van der Waals surface area contributed by atoms with Crippen LogP contribution in [0.25, 0.3) is 10.6 Å². The van der Waals surface area contributed by atoms with Crippen molar-refractivity contribution < 1.29 is 4.79 Å². The molecule has 0 bridgehead atoms. The zero-order chi connectivity index (χ0) is 21.4. The summed E-state index contributed by atoms with van der Waals surface area (Å²) in [6, 6.07) is 8.03. The van der Waals surface area contributed by atoms with Crippen LogP contribution in [-0.2, 0) is 7.05 Å².